The van der Waals surface area contributed by atoms with Crippen LogP contribution >= 0.6 is 11.6 Å². The first-order valence-electron chi connectivity index (χ1n) is 8.02. The van der Waals surface area contributed by atoms with Gasteiger partial charge in [-0.2, -0.15) is 0 Å². The first-order chi connectivity index (χ1) is 11.6. The average Bonchev–Trinajstić information content (AvgIpc) is 2.93. The number of rotatable bonds is 2. The molecule has 1 fully saturated rings. The normalized spacial score (nSPS) is 25.9. The van der Waals surface area contributed by atoms with Gasteiger partial charge in [-0.25, -0.2) is 5.43 Å². The van der Waals surface area contributed by atoms with Gasteiger partial charge in [0.2, 0.25) is 0 Å². The maximum Gasteiger partial charge on any atom is 0.264 e. The second kappa shape index (κ2) is 5.96. The minimum absolute atomic E-state index is 0.0334. The zero-order valence-electron chi connectivity index (χ0n) is 13.2. The Bertz CT molecular complexity index is 788. The van der Waals surface area contributed by atoms with Crippen molar-refractivity contribution in [2.75, 3.05) is 0 Å². The molecule has 2 N–H and O–H groups in total. The summed E-state index contributed by atoms with van der Waals surface area (Å²) in [6, 6.07) is 18.0. The average molecular weight is 340 g/mol. The molecule has 0 spiro atoms. The summed E-state index contributed by atoms with van der Waals surface area (Å²) < 4.78 is 0. The highest BCUT2D eigenvalue weighted by Gasteiger charge is 2.44. The molecule has 2 aromatic carbocycles. The van der Waals surface area contributed by atoms with E-state index in [2.05, 4.69) is 29.8 Å². The summed E-state index contributed by atoms with van der Waals surface area (Å²) in [6.45, 7) is 2.10. The molecular weight excluding hydrogens is 322 g/mol. The van der Waals surface area contributed by atoms with Gasteiger partial charge in [0, 0.05) is 28.8 Å². The first kappa shape index (κ1) is 15.2. The summed E-state index contributed by atoms with van der Waals surface area (Å²) in [7, 11) is 0. The first-order valence-corrected chi connectivity index (χ1v) is 8.40. The lowest BCUT2D eigenvalue weighted by Gasteiger charge is -2.33. The lowest BCUT2D eigenvalue weighted by molar-refractivity contribution is -0.130. The van der Waals surface area contributed by atoms with Crippen LogP contribution in [0.25, 0.3) is 5.70 Å². The molecule has 0 radical (unpaired) electrons. The van der Waals surface area contributed by atoms with Crippen molar-refractivity contribution in [1.82, 2.24) is 15.8 Å². The van der Waals surface area contributed by atoms with Crippen LogP contribution in [0.1, 0.15) is 24.0 Å². The van der Waals surface area contributed by atoms with Crippen LogP contribution in [0.15, 0.2) is 60.7 Å². The lowest BCUT2D eigenvalue weighted by atomic mass is 9.90. The summed E-state index contributed by atoms with van der Waals surface area (Å²) >= 11 is 5.97. The second-order valence-corrected chi connectivity index (χ2v) is 6.65. The standard InChI is InChI=1S/C19H18ClN3O/c1-12-18(14-5-3-2-4-6-14)19-21-16(11-17(24)23(19)22-12)13-7-9-15(20)10-8-13/h2-12,18-19,21-22H,1H3. The molecule has 0 saturated carbocycles. The molecule has 2 aromatic rings. The van der Waals surface area contributed by atoms with E-state index < -0.39 is 0 Å². The molecule has 3 atom stereocenters. The number of halogens is 1. The fourth-order valence-electron chi connectivity index (χ4n) is 3.51. The number of hydrogen-bond acceptors (Lipinski definition) is 3. The molecule has 4 rings (SSSR count). The van der Waals surface area contributed by atoms with E-state index in [0.717, 1.165) is 11.3 Å². The third-order valence-corrected chi connectivity index (χ3v) is 4.90. The van der Waals surface area contributed by atoms with Crippen molar-refractivity contribution in [1.29, 1.82) is 0 Å². The zero-order valence-corrected chi connectivity index (χ0v) is 14.0. The van der Waals surface area contributed by atoms with Crippen LogP contribution in [0, 0.1) is 0 Å². The Kier molecular flexibility index (Phi) is 3.79. The number of carbonyl (C=O) groups excluding carboxylic acids is 1. The fourth-order valence-corrected chi connectivity index (χ4v) is 3.63. The molecule has 1 saturated heterocycles. The van der Waals surface area contributed by atoms with Crippen molar-refractivity contribution < 1.29 is 4.79 Å². The largest absolute Gasteiger partial charge is 0.363 e. The van der Waals surface area contributed by atoms with Crippen molar-refractivity contribution in [3.8, 4) is 0 Å². The fraction of sp³-hybridized carbons (Fsp3) is 0.211. The predicted molar refractivity (Wildman–Crippen MR) is 95.0 cm³/mol. The number of amides is 1. The van der Waals surface area contributed by atoms with Crippen LogP contribution in [0.2, 0.25) is 5.02 Å². The summed E-state index contributed by atoms with van der Waals surface area (Å²) in [5.41, 5.74) is 6.29. The maximum atomic E-state index is 12.6. The van der Waals surface area contributed by atoms with Gasteiger partial charge in [-0.1, -0.05) is 54.1 Å². The van der Waals surface area contributed by atoms with Gasteiger partial charge < -0.3 is 5.32 Å². The van der Waals surface area contributed by atoms with E-state index in [1.54, 1.807) is 11.1 Å². The second-order valence-electron chi connectivity index (χ2n) is 6.22. The molecule has 4 nitrogen and oxygen atoms in total. The van der Waals surface area contributed by atoms with Gasteiger partial charge in [-0.3, -0.25) is 9.80 Å². The summed E-state index contributed by atoms with van der Waals surface area (Å²) in [6.07, 6.45) is 1.51. The van der Waals surface area contributed by atoms with E-state index >= 15 is 0 Å². The Morgan fingerprint density at radius 3 is 2.46 bits per heavy atom. The van der Waals surface area contributed by atoms with Gasteiger partial charge >= 0.3 is 0 Å². The molecule has 0 bridgehead atoms. The van der Waals surface area contributed by atoms with E-state index in [1.807, 2.05) is 42.5 Å². The van der Waals surface area contributed by atoms with Gasteiger partial charge in [-0.15, -0.1) is 0 Å². The molecule has 2 heterocycles. The monoisotopic (exact) mass is 339 g/mol. The third-order valence-electron chi connectivity index (χ3n) is 4.65. The minimum Gasteiger partial charge on any atom is -0.363 e. The van der Waals surface area contributed by atoms with E-state index in [4.69, 9.17) is 11.6 Å². The van der Waals surface area contributed by atoms with Crippen molar-refractivity contribution in [2.45, 2.75) is 25.0 Å². The Labute approximate surface area is 146 Å². The molecular formula is C19H18ClN3O. The van der Waals surface area contributed by atoms with E-state index in [-0.39, 0.29) is 24.0 Å². The Hall–Kier alpha value is -2.30. The molecule has 0 aliphatic carbocycles. The number of hydrogen-bond donors (Lipinski definition) is 2. The molecule has 1 amide bonds. The van der Waals surface area contributed by atoms with Gasteiger partial charge in [0.1, 0.15) is 6.17 Å². The number of hydrazine groups is 1. The highest BCUT2D eigenvalue weighted by Crippen LogP contribution is 2.34. The number of carbonyl (C=O) groups is 1. The van der Waals surface area contributed by atoms with E-state index in [1.165, 1.54) is 5.56 Å². The smallest absolute Gasteiger partial charge is 0.264 e. The summed E-state index contributed by atoms with van der Waals surface area (Å²) in [4.78, 5) is 12.6. The number of nitrogens with one attached hydrogen (secondary N) is 2. The van der Waals surface area contributed by atoms with Gasteiger partial charge in [0.05, 0.1) is 0 Å². The molecule has 2 aliphatic rings. The molecule has 0 aromatic heterocycles. The topological polar surface area (TPSA) is 44.4 Å². The molecule has 3 unspecified atom stereocenters. The molecule has 5 heteroatoms. The quantitative estimate of drug-likeness (QED) is 0.883. The van der Waals surface area contributed by atoms with Crippen LogP contribution < -0.4 is 10.7 Å². The Balaban J connectivity index is 1.68. The van der Waals surface area contributed by atoms with Crippen molar-refractivity contribution in [3.05, 3.63) is 76.8 Å². The van der Waals surface area contributed by atoms with Crippen LogP contribution in [0.4, 0.5) is 0 Å². The van der Waals surface area contributed by atoms with Crippen molar-refractivity contribution in [2.24, 2.45) is 0 Å². The maximum absolute atomic E-state index is 12.6. The molecule has 122 valence electrons. The van der Waals surface area contributed by atoms with Crippen LogP contribution in [-0.4, -0.2) is 23.1 Å². The Morgan fingerprint density at radius 2 is 1.75 bits per heavy atom. The zero-order chi connectivity index (χ0) is 16.7. The minimum atomic E-state index is -0.120. The summed E-state index contributed by atoms with van der Waals surface area (Å²) in [5.74, 6) is 0.139. The Morgan fingerprint density at radius 1 is 1.04 bits per heavy atom. The predicted octanol–water partition coefficient (Wildman–Crippen LogP) is 3.13. The van der Waals surface area contributed by atoms with Crippen LogP contribution in [-0.2, 0) is 4.79 Å². The van der Waals surface area contributed by atoms with Gasteiger partial charge in [-0.05, 0) is 30.2 Å². The van der Waals surface area contributed by atoms with Gasteiger partial charge in [0.15, 0.2) is 0 Å². The summed E-state index contributed by atoms with van der Waals surface area (Å²) in [5, 5.41) is 5.90. The molecule has 2 aliphatic heterocycles. The SMILES string of the molecule is CC1NN2C(=O)C=C(c3ccc(Cl)cc3)NC2C1c1ccccc1. The molecule has 24 heavy (non-hydrogen) atoms. The van der Waals surface area contributed by atoms with Crippen LogP contribution in [0.5, 0.6) is 0 Å². The number of nitrogens with zero attached hydrogens (tertiary/aromatic N) is 1. The van der Waals surface area contributed by atoms with E-state index in [0.29, 0.717) is 5.02 Å². The number of fused-ring (bicyclic) bond motifs is 1. The third kappa shape index (κ3) is 2.58. The van der Waals surface area contributed by atoms with Crippen molar-refractivity contribution >= 4 is 23.2 Å². The highest BCUT2D eigenvalue weighted by atomic mass is 35.5. The highest BCUT2D eigenvalue weighted by molar-refractivity contribution is 6.30. The van der Waals surface area contributed by atoms with Gasteiger partial charge in [0.25, 0.3) is 5.91 Å². The van der Waals surface area contributed by atoms with Crippen LogP contribution in [0.3, 0.4) is 0 Å². The van der Waals surface area contributed by atoms with Crippen molar-refractivity contribution in [3.63, 3.8) is 0 Å². The lowest BCUT2D eigenvalue weighted by Crippen LogP contribution is -2.52. The van der Waals surface area contributed by atoms with E-state index in [9.17, 15) is 4.79 Å². The number of benzene rings is 2.